The Morgan fingerprint density at radius 2 is 2.00 bits per heavy atom. The number of anilines is 1. The summed E-state index contributed by atoms with van der Waals surface area (Å²) < 4.78 is 0. The predicted molar refractivity (Wildman–Crippen MR) is 92.5 cm³/mol. The van der Waals surface area contributed by atoms with E-state index in [-0.39, 0.29) is 0 Å². The maximum atomic E-state index is 4.71. The molecule has 1 fully saturated rings. The lowest BCUT2D eigenvalue weighted by molar-refractivity contribution is 0.265. The van der Waals surface area contributed by atoms with E-state index >= 15 is 0 Å². The molecular weight excluding hydrogens is 284 g/mol. The fourth-order valence-electron chi connectivity index (χ4n) is 3.94. The van der Waals surface area contributed by atoms with Crippen molar-refractivity contribution in [2.45, 2.75) is 38.8 Å². The van der Waals surface area contributed by atoms with Gasteiger partial charge >= 0.3 is 0 Å². The van der Waals surface area contributed by atoms with Crippen molar-refractivity contribution in [2.24, 2.45) is 0 Å². The summed E-state index contributed by atoms with van der Waals surface area (Å²) in [5.41, 5.74) is 4.00. The highest BCUT2D eigenvalue weighted by molar-refractivity contribution is 5.52. The number of aromatic nitrogens is 2. The largest absolute Gasteiger partial charge is 0.349 e. The van der Waals surface area contributed by atoms with Gasteiger partial charge in [0.15, 0.2) is 0 Å². The van der Waals surface area contributed by atoms with Crippen molar-refractivity contribution in [3.05, 3.63) is 53.5 Å². The van der Waals surface area contributed by atoms with Gasteiger partial charge in [0, 0.05) is 31.6 Å². The first-order valence-corrected chi connectivity index (χ1v) is 8.73. The van der Waals surface area contributed by atoms with Crippen molar-refractivity contribution in [1.29, 1.82) is 0 Å². The van der Waals surface area contributed by atoms with Gasteiger partial charge in [-0.2, -0.15) is 0 Å². The summed E-state index contributed by atoms with van der Waals surface area (Å²) in [6, 6.07) is 11.3. The number of likely N-dealkylation sites (N-methyl/N-ethyl adjacent to an activating group) is 1. The average Bonchev–Trinajstić information content (AvgIpc) is 3.11. The van der Waals surface area contributed by atoms with E-state index in [1.165, 1.54) is 35.5 Å². The molecule has 2 aliphatic rings. The van der Waals surface area contributed by atoms with Crippen LogP contribution in [0.15, 0.2) is 36.7 Å². The summed E-state index contributed by atoms with van der Waals surface area (Å²) in [4.78, 5) is 14.3. The van der Waals surface area contributed by atoms with Gasteiger partial charge in [0.1, 0.15) is 12.1 Å². The normalized spacial score (nSPS) is 21.4. The molecule has 4 rings (SSSR count). The molecule has 1 aromatic carbocycles. The van der Waals surface area contributed by atoms with Crippen LogP contribution < -0.4 is 4.90 Å². The second kappa shape index (κ2) is 6.28. The number of hydrogen-bond donors (Lipinski definition) is 0. The number of nitrogens with zero attached hydrogens (tertiary/aromatic N) is 4. The molecule has 2 aromatic rings. The molecule has 0 spiro atoms. The number of rotatable bonds is 3. The van der Waals surface area contributed by atoms with Crippen LogP contribution >= 0.6 is 0 Å². The zero-order valence-electron chi connectivity index (χ0n) is 13.8. The Labute approximate surface area is 138 Å². The van der Waals surface area contributed by atoms with Gasteiger partial charge in [-0.1, -0.05) is 37.3 Å². The molecule has 0 aliphatic carbocycles. The molecule has 0 amide bonds. The number of hydrogen-bond acceptors (Lipinski definition) is 4. The van der Waals surface area contributed by atoms with Crippen LogP contribution in [0.4, 0.5) is 5.82 Å². The fraction of sp³-hybridized carbons (Fsp3) is 0.474. The van der Waals surface area contributed by atoms with E-state index in [0.29, 0.717) is 6.04 Å². The highest BCUT2D eigenvalue weighted by Crippen LogP contribution is 2.38. The molecule has 2 aliphatic heterocycles. The molecule has 0 unspecified atom stereocenters. The van der Waals surface area contributed by atoms with E-state index in [4.69, 9.17) is 4.98 Å². The first-order chi connectivity index (χ1) is 11.4. The molecule has 0 radical (unpaired) electrons. The standard InChI is InChI=1S/C19H24N4/c1-2-22-12-10-17-16(13-22)19(21-14-20-17)23-11-6-9-18(23)15-7-4-3-5-8-15/h3-5,7-8,14,18H,2,6,9-13H2,1H3/t18-/m1/s1. The minimum atomic E-state index is 0.451. The van der Waals surface area contributed by atoms with Gasteiger partial charge in [-0.15, -0.1) is 0 Å². The molecule has 1 atom stereocenters. The van der Waals surface area contributed by atoms with Gasteiger partial charge in [-0.3, -0.25) is 4.90 Å². The molecule has 4 nitrogen and oxygen atoms in total. The molecule has 23 heavy (non-hydrogen) atoms. The molecule has 120 valence electrons. The predicted octanol–water partition coefficient (Wildman–Crippen LogP) is 3.20. The van der Waals surface area contributed by atoms with Gasteiger partial charge in [0.2, 0.25) is 0 Å². The summed E-state index contributed by atoms with van der Waals surface area (Å²) in [5.74, 6) is 1.17. The SMILES string of the molecule is CCN1CCc2ncnc(N3CCC[C@@H]3c3ccccc3)c2C1. The van der Waals surface area contributed by atoms with Crippen LogP contribution in [0.1, 0.15) is 42.6 Å². The van der Waals surface area contributed by atoms with Crippen LogP contribution in [0.5, 0.6) is 0 Å². The van der Waals surface area contributed by atoms with Crippen molar-refractivity contribution < 1.29 is 0 Å². The minimum absolute atomic E-state index is 0.451. The van der Waals surface area contributed by atoms with E-state index in [9.17, 15) is 0 Å². The third kappa shape index (κ3) is 2.72. The zero-order chi connectivity index (χ0) is 15.6. The Morgan fingerprint density at radius 1 is 1.13 bits per heavy atom. The molecule has 0 N–H and O–H groups in total. The topological polar surface area (TPSA) is 32.3 Å². The zero-order valence-corrected chi connectivity index (χ0v) is 13.8. The molecular formula is C19H24N4. The van der Waals surface area contributed by atoms with Gasteiger partial charge < -0.3 is 4.90 Å². The Bertz CT molecular complexity index is 670. The minimum Gasteiger partial charge on any atom is -0.349 e. The maximum Gasteiger partial charge on any atom is 0.137 e. The highest BCUT2D eigenvalue weighted by Gasteiger charge is 2.31. The van der Waals surface area contributed by atoms with Crippen molar-refractivity contribution in [3.8, 4) is 0 Å². The van der Waals surface area contributed by atoms with Crippen molar-refractivity contribution in [1.82, 2.24) is 14.9 Å². The van der Waals surface area contributed by atoms with Gasteiger partial charge in [-0.05, 0) is 24.9 Å². The third-order valence-electron chi connectivity index (χ3n) is 5.21. The second-order valence-corrected chi connectivity index (χ2v) is 6.50. The second-order valence-electron chi connectivity index (χ2n) is 6.50. The van der Waals surface area contributed by atoms with Crippen LogP contribution in [0.3, 0.4) is 0 Å². The summed E-state index contributed by atoms with van der Waals surface area (Å²) in [7, 11) is 0. The lowest BCUT2D eigenvalue weighted by Crippen LogP contribution is -2.34. The third-order valence-corrected chi connectivity index (χ3v) is 5.21. The quantitative estimate of drug-likeness (QED) is 0.871. The molecule has 1 saturated heterocycles. The van der Waals surface area contributed by atoms with Gasteiger partial charge in [0.25, 0.3) is 0 Å². The van der Waals surface area contributed by atoms with E-state index in [1.54, 1.807) is 6.33 Å². The maximum absolute atomic E-state index is 4.71. The van der Waals surface area contributed by atoms with E-state index < -0.39 is 0 Å². The molecule has 0 saturated carbocycles. The van der Waals surface area contributed by atoms with Crippen LogP contribution in [-0.2, 0) is 13.0 Å². The highest BCUT2D eigenvalue weighted by atomic mass is 15.2. The lowest BCUT2D eigenvalue weighted by atomic mass is 10.0. The lowest BCUT2D eigenvalue weighted by Gasteiger charge is -2.33. The number of fused-ring (bicyclic) bond motifs is 1. The Hall–Kier alpha value is -1.94. The van der Waals surface area contributed by atoms with E-state index in [0.717, 1.165) is 32.6 Å². The summed E-state index contributed by atoms with van der Waals surface area (Å²) in [6.07, 6.45) is 5.24. The monoisotopic (exact) mass is 308 g/mol. The van der Waals surface area contributed by atoms with Crippen molar-refractivity contribution in [2.75, 3.05) is 24.5 Å². The van der Waals surface area contributed by atoms with Crippen molar-refractivity contribution >= 4 is 5.82 Å². The van der Waals surface area contributed by atoms with E-state index in [2.05, 4.69) is 52.0 Å². The average molecular weight is 308 g/mol. The van der Waals surface area contributed by atoms with Crippen LogP contribution in [0, 0.1) is 0 Å². The van der Waals surface area contributed by atoms with Gasteiger partial charge in [-0.25, -0.2) is 9.97 Å². The number of benzene rings is 1. The summed E-state index contributed by atoms with van der Waals surface area (Å²) in [5, 5.41) is 0. The molecule has 1 aromatic heterocycles. The smallest absolute Gasteiger partial charge is 0.137 e. The Kier molecular flexibility index (Phi) is 4.00. The Balaban J connectivity index is 1.70. The summed E-state index contributed by atoms with van der Waals surface area (Å²) >= 11 is 0. The van der Waals surface area contributed by atoms with Crippen molar-refractivity contribution in [3.63, 3.8) is 0 Å². The van der Waals surface area contributed by atoms with Crippen LogP contribution in [0.2, 0.25) is 0 Å². The fourth-order valence-corrected chi connectivity index (χ4v) is 3.94. The van der Waals surface area contributed by atoms with Crippen LogP contribution in [0.25, 0.3) is 0 Å². The first-order valence-electron chi connectivity index (χ1n) is 8.73. The first kappa shape index (κ1) is 14.6. The van der Waals surface area contributed by atoms with Crippen LogP contribution in [-0.4, -0.2) is 34.5 Å². The molecule has 3 heterocycles. The van der Waals surface area contributed by atoms with E-state index in [1.807, 2.05) is 0 Å². The van der Waals surface area contributed by atoms with Gasteiger partial charge in [0.05, 0.1) is 11.7 Å². The molecule has 4 heteroatoms. The summed E-state index contributed by atoms with van der Waals surface area (Å²) in [6.45, 7) is 6.52. The molecule has 0 bridgehead atoms. The Morgan fingerprint density at radius 3 is 2.83 bits per heavy atom.